The maximum atomic E-state index is 11.7. The summed E-state index contributed by atoms with van der Waals surface area (Å²) in [5.41, 5.74) is 8.22. The van der Waals surface area contributed by atoms with Crippen LogP contribution in [0, 0.1) is 0 Å². The van der Waals surface area contributed by atoms with Crippen LogP contribution < -0.4 is 15.4 Å². The number of nitrogens with zero attached hydrogens (tertiary/aromatic N) is 3. The first-order valence-corrected chi connectivity index (χ1v) is 5.99. The number of hydrogen-bond donors (Lipinski definition) is 2. The highest BCUT2D eigenvalue weighted by Gasteiger charge is 2.39. The first kappa shape index (κ1) is 13.7. The van der Waals surface area contributed by atoms with Crippen molar-refractivity contribution in [2.45, 2.75) is 12.1 Å². The van der Waals surface area contributed by atoms with Crippen molar-refractivity contribution in [1.82, 2.24) is 10.6 Å². The second kappa shape index (κ2) is 6.44. The Kier molecular flexibility index (Phi) is 4.41. The van der Waals surface area contributed by atoms with Gasteiger partial charge in [0.2, 0.25) is 5.91 Å². The van der Waals surface area contributed by atoms with Crippen molar-refractivity contribution in [2.75, 3.05) is 13.2 Å². The molecule has 2 amide bonds. The number of para-hydroxylation sites is 1. The van der Waals surface area contributed by atoms with Gasteiger partial charge in [-0.3, -0.25) is 9.59 Å². The molecule has 2 N–H and O–H groups in total. The summed E-state index contributed by atoms with van der Waals surface area (Å²) in [5, 5.41) is 8.45. The highest BCUT2D eigenvalue weighted by molar-refractivity contribution is 5.93. The van der Waals surface area contributed by atoms with Gasteiger partial charge in [-0.1, -0.05) is 23.3 Å². The van der Waals surface area contributed by atoms with E-state index >= 15 is 0 Å². The molecule has 2 rings (SSSR count). The largest absolute Gasteiger partial charge is 0.484 e. The van der Waals surface area contributed by atoms with Crippen molar-refractivity contribution in [3.63, 3.8) is 0 Å². The van der Waals surface area contributed by atoms with Crippen LogP contribution in [0.5, 0.6) is 5.75 Å². The van der Waals surface area contributed by atoms with E-state index in [1.807, 2.05) is 6.07 Å². The lowest BCUT2D eigenvalue weighted by Gasteiger charge is -2.36. The molecule has 8 heteroatoms. The van der Waals surface area contributed by atoms with Crippen LogP contribution in [-0.2, 0) is 9.59 Å². The molecule has 0 spiro atoms. The first-order chi connectivity index (χ1) is 9.70. The Labute approximate surface area is 114 Å². The highest BCUT2D eigenvalue weighted by Crippen LogP contribution is 2.09. The molecule has 1 aromatic carbocycles. The minimum Gasteiger partial charge on any atom is -0.484 e. The zero-order valence-electron chi connectivity index (χ0n) is 10.5. The van der Waals surface area contributed by atoms with Crippen LogP contribution in [-0.4, -0.2) is 37.0 Å². The molecule has 8 nitrogen and oxygen atoms in total. The van der Waals surface area contributed by atoms with Gasteiger partial charge in [0.05, 0.1) is 6.04 Å². The average molecular weight is 275 g/mol. The predicted octanol–water partition coefficient (Wildman–Crippen LogP) is 0.359. The molecular weight excluding hydrogens is 262 g/mol. The molecule has 0 radical (unpaired) electrons. The zero-order chi connectivity index (χ0) is 14.4. The maximum Gasteiger partial charge on any atom is 0.258 e. The quantitative estimate of drug-likeness (QED) is 0.338. The third-order valence-electron chi connectivity index (χ3n) is 2.78. The Morgan fingerprint density at radius 2 is 2.20 bits per heavy atom. The van der Waals surface area contributed by atoms with Gasteiger partial charge < -0.3 is 15.4 Å². The zero-order valence-corrected chi connectivity index (χ0v) is 10.5. The molecule has 20 heavy (non-hydrogen) atoms. The van der Waals surface area contributed by atoms with Gasteiger partial charge in [0.25, 0.3) is 5.91 Å². The van der Waals surface area contributed by atoms with Crippen LogP contribution in [0.25, 0.3) is 10.4 Å². The van der Waals surface area contributed by atoms with Crippen molar-refractivity contribution in [3.05, 3.63) is 40.8 Å². The van der Waals surface area contributed by atoms with Crippen LogP contribution in [0.15, 0.2) is 35.4 Å². The Hall–Kier alpha value is -2.73. The fraction of sp³-hybridized carbons (Fsp3) is 0.333. The molecule has 1 heterocycles. The number of nitrogens with one attached hydrogen (secondary N) is 2. The number of azide groups is 1. The standard InChI is InChI=1S/C12H13N5O3/c13-17-14-6-9-11(12(19)15-9)16-10(18)7-20-8-4-2-1-3-5-8/h1-5,9,11H,6-7H2,(H,15,19)(H,16,18). The molecule has 0 aliphatic carbocycles. The van der Waals surface area contributed by atoms with Crippen molar-refractivity contribution < 1.29 is 14.3 Å². The third kappa shape index (κ3) is 3.39. The van der Waals surface area contributed by atoms with E-state index < -0.39 is 11.9 Å². The Balaban J connectivity index is 1.79. The van der Waals surface area contributed by atoms with Gasteiger partial charge in [0, 0.05) is 11.5 Å². The maximum absolute atomic E-state index is 11.7. The number of carbonyl (C=O) groups excluding carboxylic acids is 2. The van der Waals surface area contributed by atoms with Gasteiger partial charge in [-0.15, -0.1) is 0 Å². The summed E-state index contributed by atoms with van der Waals surface area (Å²) in [7, 11) is 0. The lowest BCUT2D eigenvalue weighted by atomic mass is 9.99. The Morgan fingerprint density at radius 1 is 1.45 bits per heavy atom. The number of hydrogen-bond acceptors (Lipinski definition) is 4. The van der Waals surface area contributed by atoms with E-state index in [-0.39, 0.29) is 25.1 Å². The fourth-order valence-electron chi connectivity index (χ4n) is 1.76. The van der Waals surface area contributed by atoms with Gasteiger partial charge in [0.15, 0.2) is 6.61 Å². The van der Waals surface area contributed by atoms with Gasteiger partial charge >= 0.3 is 0 Å². The number of amides is 2. The summed E-state index contributed by atoms with van der Waals surface area (Å²) >= 11 is 0. The van der Waals surface area contributed by atoms with Gasteiger partial charge in [0.1, 0.15) is 11.8 Å². The van der Waals surface area contributed by atoms with E-state index in [1.165, 1.54) is 0 Å². The number of benzene rings is 1. The number of rotatable bonds is 6. The summed E-state index contributed by atoms with van der Waals surface area (Å²) < 4.78 is 5.26. The monoisotopic (exact) mass is 275 g/mol. The molecule has 0 saturated carbocycles. The van der Waals surface area contributed by atoms with E-state index in [0.29, 0.717) is 5.75 Å². The summed E-state index contributed by atoms with van der Waals surface area (Å²) in [4.78, 5) is 25.6. The molecule has 2 unspecified atom stereocenters. The van der Waals surface area contributed by atoms with Crippen LogP contribution >= 0.6 is 0 Å². The second-order valence-corrected chi connectivity index (χ2v) is 4.18. The predicted molar refractivity (Wildman–Crippen MR) is 69.8 cm³/mol. The summed E-state index contributed by atoms with van der Waals surface area (Å²) in [5.74, 6) is -0.123. The van der Waals surface area contributed by atoms with Crippen molar-refractivity contribution in [1.29, 1.82) is 0 Å². The second-order valence-electron chi connectivity index (χ2n) is 4.18. The number of carbonyl (C=O) groups is 2. The van der Waals surface area contributed by atoms with E-state index in [9.17, 15) is 9.59 Å². The van der Waals surface area contributed by atoms with E-state index in [0.717, 1.165) is 0 Å². The lowest BCUT2D eigenvalue weighted by molar-refractivity contribution is -0.136. The molecule has 1 fully saturated rings. The van der Waals surface area contributed by atoms with Gasteiger partial charge in [-0.05, 0) is 17.7 Å². The highest BCUT2D eigenvalue weighted by atomic mass is 16.5. The lowest BCUT2D eigenvalue weighted by Crippen LogP contribution is -2.70. The molecule has 0 aromatic heterocycles. The summed E-state index contributed by atoms with van der Waals surface area (Å²) in [6.07, 6.45) is 0. The summed E-state index contributed by atoms with van der Waals surface area (Å²) in [6.45, 7) is -0.0746. The van der Waals surface area contributed by atoms with Crippen LogP contribution in [0.1, 0.15) is 0 Å². The van der Waals surface area contributed by atoms with Crippen LogP contribution in [0.4, 0.5) is 0 Å². The number of β-lactam (4-membered cyclic amide) rings is 1. The molecule has 0 bridgehead atoms. The van der Waals surface area contributed by atoms with Gasteiger partial charge in [-0.25, -0.2) is 0 Å². The van der Waals surface area contributed by atoms with Crippen LogP contribution in [0.3, 0.4) is 0 Å². The minimum absolute atomic E-state index is 0.104. The van der Waals surface area contributed by atoms with E-state index in [2.05, 4.69) is 20.7 Å². The third-order valence-corrected chi connectivity index (χ3v) is 2.78. The average Bonchev–Trinajstić information content (AvgIpc) is 2.48. The Bertz CT molecular complexity index is 541. The minimum atomic E-state index is -0.674. The van der Waals surface area contributed by atoms with Crippen LogP contribution in [0.2, 0.25) is 0 Å². The van der Waals surface area contributed by atoms with Gasteiger partial charge in [-0.2, -0.15) is 0 Å². The van der Waals surface area contributed by atoms with Crippen molar-refractivity contribution in [2.24, 2.45) is 5.11 Å². The number of ether oxygens (including phenoxy) is 1. The van der Waals surface area contributed by atoms with Crippen molar-refractivity contribution >= 4 is 11.8 Å². The molecule has 2 atom stereocenters. The smallest absolute Gasteiger partial charge is 0.258 e. The summed E-state index contributed by atoms with van der Waals surface area (Å²) in [6, 6.07) is 7.85. The van der Waals surface area contributed by atoms with E-state index in [1.54, 1.807) is 24.3 Å². The first-order valence-electron chi connectivity index (χ1n) is 5.99. The topological polar surface area (TPSA) is 116 Å². The fourth-order valence-corrected chi connectivity index (χ4v) is 1.76. The molecule has 1 aliphatic rings. The SMILES string of the molecule is [N-]=[N+]=NCC1NC(=O)C1NC(=O)COc1ccccc1. The molecular formula is C12H13N5O3. The molecule has 1 aromatic rings. The van der Waals surface area contributed by atoms with E-state index in [4.69, 9.17) is 10.3 Å². The normalized spacial score (nSPS) is 20.1. The molecule has 1 aliphatic heterocycles. The molecule has 1 saturated heterocycles. The van der Waals surface area contributed by atoms with Crippen molar-refractivity contribution in [3.8, 4) is 5.75 Å². The Morgan fingerprint density at radius 3 is 2.85 bits per heavy atom. The molecule has 104 valence electrons.